The summed E-state index contributed by atoms with van der Waals surface area (Å²) in [5.41, 5.74) is 7.98. The quantitative estimate of drug-likeness (QED) is 0.393. The molecule has 2 unspecified atom stereocenters. The van der Waals surface area contributed by atoms with E-state index in [-0.39, 0.29) is 17.9 Å². The molecule has 2 aliphatic carbocycles. The number of aryl methyl sites for hydroxylation is 2. The number of hydrogen-bond acceptors (Lipinski definition) is 5. The largest absolute Gasteiger partial charge is 0.467 e. The molecule has 2 aliphatic rings. The summed E-state index contributed by atoms with van der Waals surface area (Å²) in [5.74, 6) is -1.36. The summed E-state index contributed by atoms with van der Waals surface area (Å²) in [4.78, 5) is 38.0. The van der Waals surface area contributed by atoms with Crippen LogP contribution < -0.4 is 11.1 Å². The number of methoxy groups -OCH3 is 1. The summed E-state index contributed by atoms with van der Waals surface area (Å²) in [5, 5.41) is 2.93. The number of amides is 2. The Labute approximate surface area is 215 Å². The zero-order valence-corrected chi connectivity index (χ0v) is 22.6. The lowest BCUT2D eigenvalue weighted by molar-refractivity contribution is -0.147. The van der Waals surface area contributed by atoms with Crippen LogP contribution in [-0.4, -0.2) is 37.0 Å². The number of ether oxygens (including phenoxy) is 2. The number of nitrogens with two attached hydrogens (primary N) is 1. The van der Waals surface area contributed by atoms with Crippen molar-refractivity contribution in [3.05, 3.63) is 47.0 Å². The normalized spacial score (nSPS) is 27.9. The number of carbonyl (C=O) groups excluding carboxylic acids is 3. The van der Waals surface area contributed by atoms with E-state index in [1.807, 2.05) is 20.8 Å². The van der Waals surface area contributed by atoms with E-state index in [1.165, 1.54) is 23.8 Å². The third-order valence-corrected chi connectivity index (χ3v) is 8.93. The number of benzene rings is 1. The SMILES string of the molecule is COC(=O)[C@H](CC1C=CC(OCc2c(C)cccc2C)CC1)NC(=O)[C@H]1CC[C@@](C)(C(N)=O)C1(C)C. The van der Waals surface area contributed by atoms with E-state index in [0.717, 1.165) is 12.8 Å². The van der Waals surface area contributed by atoms with Crippen LogP contribution in [0.3, 0.4) is 0 Å². The molecule has 1 saturated carbocycles. The molecule has 1 aromatic carbocycles. The molecule has 0 saturated heterocycles. The molecule has 7 heteroatoms. The molecule has 0 radical (unpaired) electrons. The number of rotatable bonds is 9. The van der Waals surface area contributed by atoms with Crippen LogP contribution in [0.25, 0.3) is 0 Å². The maximum Gasteiger partial charge on any atom is 0.328 e. The van der Waals surface area contributed by atoms with E-state index < -0.39 is 34.7 Å². The first-order valence-corrected chi connectivity index (χ1v) is 12.9. The highest BCUT2D eigenvalue weighted by Crippen LogP contribution is 2.55. The third kappa shape index (κ3) is 5.66. The Morgan fingerprint density at radius 3 is 2.28 bits per heavy atom. The van der Waals surface area contributed by atoms with Gasteiger partial charge in [-0.15, -0.1) is 0 Å². The second kappa shape index (κ2) is 11.2. The van der Waals surface area contributed by atoms with Gasteiger partial charge in [0.25, 0.3) is 0 Å². The smallest absolute Gasteiger partial charge is 0.328 e. The Kier molecular flexibility index (Phi) is 8.65. The summed E-state index contributed by atoms with van der Waals surface area (Å²) in [6.45, 7) is 10.4. The second-order valence-corrected chi connectivity index (χ2v) is 11.3. The molecule has 0 aliphatic heterocycles. The minimum absolute atomic E-state index is 0.0252. The number of carbonyl (C=O) groups is 3. The Morgan fingerprint density at radius 2 is 1.75 bits per heavy atom. The first-order chi connectivity index (χ1) is 16.9. The van der Waals surface area contributed by atoms with Crippen molar-refractivity contribution in [2.75, 3.05) is 7.11 Å². The van der Waals surface area contributed by atoms with Gasteiger partial charge in [0.1, 0.15) is 6.04 Å². The van der Waals surface area contributed by atoms with E-state index in [9.17, 15) is 14.4 Å². The number of nitrogens with one attached hydrogen (secondary N) is 1. The second-order valence-electron chi connectivity index (χ2n) is 11.3. The molecule has 1 fully saturated rings. The molecule has 0 bridgehead atoms. The average Bonchev–Trinajstić information content (AvgIpc) is 3.08. The lowest BCUT2D eigenvalue weighted by atomic mass is 9.65. The number of allylic oxidation sites excluding steroid dienone is 1. The highest BCUT2D eigenvalue weighted by molar-refractivity contribution is 5.89. The van der Waals surface area contributed by atoms with Crippen LogP contribution in [-0.2, 0) is 30.5 Å². The van der Waals surface area contributed by atoms with Gasteiger partial charge in [-0.3, -0.25) is 9.59 Å². The zero-order valence-electron chi connectivity index (χ0n) is 22.6. The Hall–Kier alpha value is -2.67. The number of hydrogen-bond donors (Lipinski definition) is 2. The van der Waals surface area contributed by atoms with Gasteiger partial charge in [-0.1, -0.05) is 51.1 Å². The van der Waals surface area contributed by atoms with Crippen molar-refractivity contribution in [1.29, 1.82) is 0 Å². The number of esters is 1. The fourth-order valence-electron chi connectivity index (χ4n) is 5.79. The molecule has 198 valence electrons. The topological polar surface area (TPSA) is 108 Å². The third-order valence-electron chi connectivity index (χ3n) is 8.93. The van der Waals surface area contributed by atoms with Gasteiger partial charge in [-0.25, -0.2) is 4.79 Å². The first-order valence-electron chi connectivity index (χ1n) is 12.9. The van der Waals surface area contributed by atoms with Crippen molar-refractivity contribution >= 4 is 17.8 Å². The lowest BCUT2D eigenvalue weighted by Crippen LogP contribution is -2.51. The minimum Gasteiger partial charge on any atom is -0.467 e. The molecule has 0 heterocycles. The van der Waals surface area contributed by atoms with Gasteiger partial charge in [0, 0.05) is 5.92 Å². The molecule has 2 amide bonds. The minimum atomic E-state index is -0.770. The maximum atomic E-state index is 13.3. The maximum absolute atomic E-state index is 13.3. The summed E-state index contributed by atoms with van der Waals surface area (Å²) in [6.07, 6.45) is 7.43. The van der Waals surface area contributed by atoms with Gasteiger partial charge >= 0.3 is 5.97 Å². The first kappa shape index (κ1) is 27.9. The van der Waals surface area contributed by atoms with Gasteiger partial charge < -0.3 is 20.5 Å². The van der Waals surface area contributed by atoms with E-state index >= 15 is 0 Å². The van der Waals surface area contributed by atoms with E-state index in [1.54, 1.807) is 0 Å². The predicted molar refractivity (Wildman–Crippen MR) is 139 cm³/mol. The molecule has 0 spiro atoms. The van der Waals surface area contributed by atoms with Crippen LogP contribution >= 0.6 is 0 Å². The van der Waals surface area contributed by atoms with Crippen molar-refractivity contribution in [3.8, 4) is 0 Å². The fourth-order valence-corrected chi connectivity index (χ4v) is 5.79. The fraction of sp³-hybridized carbons (Fsp3) is 0.621. The molecular weight excluding hydrogens is 456 g/mol. The molecule has 36 heavy (non-hydrogen) atoms. The van der Waals surface area contributed by atoms with Gasteiger partial charge in [-0.2, -0.15) is 0 Å². The van der Waals surface area contributed by atoms with Gasteiger partial charge in [-0.05, 0) is 74.0 Å². The molecule has 5 atom stereocenters. The Morgan fingerprint density at radius 1 is 1.08 bits per heavy atom. The van der Waals surface area contributed by atoms with Crippen LogP contribution in [0.15, 0.2) is 30.4 Å². The van der Waals surface area contributed by atoms with Crippen molar-refractivity contribution in [3.63, 3.8) is 0 Å². The van der Waals surface area contributed by atoms with Gasteiger partial charge in [0.15, 0.2) is 0 Å². The molecule has 3 rings (SSSR count). The van der Waals surface area contributed by atoms with Crippen molar-refractivity contribution in [1.82, 2.24) is 5.32 Å². The van der Waals surface area contributed by atoms with E-state index in [2.05, 4.69) is 49.5 Å². The highest BCUT2D eigenvalue weighted by atomic mass is 16.5. The van der Waals surface area contributed by atoms with Crippen molar-refractivity contribution in [2.45, 2.75) is 85.5 Å². The van der Waals surface area contributed by atoms with E-state index in [0.29, 0.717) is 25.9 Å². The summed E-state index contributed by atoms with van der Waals surface area (Å²) < 4.78 is 11.2. The highest BCUT2D eigenvalue weighted by Gasteiger charge is 2.57. The van der Waals surface area contributed by atoms with Crippen molar-refractivity contribution in [2.24, 2.45) is 28.4 Å². The van der Waals surface area contributed by atoms with Crippen LogP contribution in [0.1, 0.15) is 69.6 Å². The van der Waals surface area contributed by atoms with Crippen LogP contribution in [0, 0.1) is 36.5 Å². The molecule has 7 nitrogen and oxygen atoms in total. The van der Waals surface area contributed by atoms with Gasteiger partial charge in [0.2, 0.25) is 11.8 Å². The Bertz CT molecular complexity index is 997. The summed E-state index contributed by atoms with van der Waals surface area (Å²) in [6, 6.07) is 5.50. The predicted octanol–water partition coefficient (Wildman–Crippen LogP) is 4.13. The standard InChI is InChI=1S/C29H42N2O5/c1-18-8-7-9-19(2)22(18)17-36-21-12-10-20(11-13-21)16-24(26(33)35-6)31-25(32)23-14-15-29(5,27(30)34)28(23,3)4/h7-10,12,20-21,23-24H,11,13-17H2,1-6H3,(H2,30,34)(H,31,32)/t20?,21?,23-,24+,29+/m1/s1. The van der Waals surface area contributed by atoms with Crippen molar-refractivity contribution < 1.29 is 23.9 Å². The van der Waals surface area contributed by atoms with Crippen LogP contribution in [0.5, 0.6) is 0 Å². The summed E-state index contributed by atoms with van der Waals surface area (Å²) >= 11 is 0. The zero-order chi connectivity index (χ0) is 26.7. The molecule has 3 N–H and O–H groups in total. The average molecular weight is 499 g/mol. The molecule has 0 aromatic heterocycles. The van der Waals surface area contributed by atoms with E-state index in [4.69, 9.17) is 15.2 Å². The van der Waals surface area contributed by atoms with Crippen LogP contribution in [0.2, 0.25) is 0 Å². The molecule has 1 aromatic rings. The van der Waals surface area contributed by atoms with Gasteiger partial charge in [0.05, 0.1) is 25.2 Å². The molecular formula is C29H42N2O5. The Balaban J connectivity index is 1.60. The number of primary amides is 1. The lowest BCUT2D eigenvalue weighted by Gasteiger charge is -2.39. The summed E-state index contributed by atoms with van der Waals surface area (Å²) in [7, 11) is 1.33. The monoisotopic (exact) mass is 498 g/mol. The van der Waals surface area contributed by atoms with Crippen LogP contribution in [0.4, 0.5) is 0 Å².